The fourth-order valence-corrected chi connectivity index (χ4v) is 5.47. The monoisotopic (exact) mass is 518 g/mol. The summed E-state index contributed by atoms with van der Waals surface area (Å²) in [6.45, 7) is 3.88. The Kier molecular flexibility index (Phi) is 6.23. The molecule has 8 nitrogen and oxygen atoms in total. The van der Waals surface area contributed by atoms with Crippen molar-refractivity contribution in [2.45, 2.75) is 25.9 Å². The van der Waals surface area contributed by atoms with E-state index in [2.05, 4.69) is 35.5 Å². The molecule has 2 atom stereocenters. The van der Waals surface area contributed by atoms with Crippen LogP contribution >= 0.6 is 12.2 Å². The number of sulfonamides is 1. The molecule has 1 aliphatic heterocycles. The average molecular weight is 519 g/mol. The summed E-state index contributed by atoms with van der Waals surface area (Å²) in [5, 5.41) is 4.03. The van der Waals surface area contributed by atoms with Crippen molar-refractivity contribution in [1.82, 2.24) is 19.9 Å². The number of anilines is 2. The third-order valence-electron chi connectivity index (χ3n) is 6.11. The smallest absolute Gasteiger partial charge is 0.229 e. The van der Waals surface area contributed by atoms with Gasteiger partial charge in [0.25, 0.3) is 0 Å². The van der Waals surface area contributed by atoms with Gasteiger partial charge in [0, 0.05) is 30.0 Å². The molecule has 1 fully saturated rings. The lowest BCUT2D eigenvalue weighted by Gasteiger charge is -2.29. The van der Waals surface area contributed by atoms with Crippen LogP contribution in [0.5, 0.6) is 0 Å². The van der Waals surface area contributed by atoms with Crippen molar-refractivity contribution in [2.24, 2.45) is 0 Å². The van der Waals surface area contributed by atoms with Crippen LogP contribution in [-0.2, 0) is 10.0 Å². The number of nitrogens with zero attached hydrogens (tertiary/aromatic N) is 4. The minimum Gasteiger partial charge on any atom is -0.351 e. The normalized spacial score (nSPS) is 17.8. The van der Waals surface area contributed by atoms with Crippen molar-refractivity contribution in [1.29, 1.82) is 0 Å². The number of nitrogens with one attached hydrogen (secondary N) is 2. The van der Waals surface area contributed by atoms with Crippen molar-refractivity contribution in [3.63, 3.8) is 0 Å². The highest BCUT2D eigenvalue weighted by atomic mass is 32.2. The first-order valence-electron chi connectivity index (χ1n) is 11.4. The first-order chi connectivity index (χ1) is 17.2. The van der Waals surface area contributed by atoms with E-state index in [0.717, 1.165) is 40.3 Å². The van der Waals surface area contributed by atoms with Gasteiger partial charge >= 0.3 is 0 Å². The van der Waals surface area contributed by atoms with Crippen molar-refractivity contribution < 1.29 is 8.42 Å². The number of benzene rings is 1. The lowest BCUT2D eigenvalue weighted by molar-refractivity contribution is 0.548. The maximum Gasteiger partial charge on any atom is 0.229 e. The summed E-state index contributed by atoms with van der Waals surface area (Å²) in [6.07, 6.45) is 6.75. The Balaban J connectivity index is 1.63. The first kappa shape index (κ1) is 24.0. The number of thiocarbonyl (C=S) groups is 1. The molecule has 3 aromatic heterocycles. The highest BCUT2D eigenvalue weighted by Gasteiger charge is 2.42. The highest BCUT2D eigenvalue weighted by molar-refractivity contribution is 7.92. The van der Waals surface area contributed by atoms with Gasteiger partial charge in [0.2, 0.25) is 10.0 Å². The number of hydrogen-bond donors (Lipinski definition) is 2. The summed E-state index contributed by atoms with van der Waals surface area (Å²) in [6, 6.07) is 19.1. The molecule has 0 aliphatic carbocycles. The van der Waals surface area contributed by atoms with Crippen LogP contribution in [0.25, 0.3) is 5.82 Å². The molecule has 0 spiro atoms. The number of hydrogen-bond acceptors (Lipinski definition) is 5. The molecule has 0 unspecified atom stereocenters. The lowest BCUT2D eigenvalue weighted by atomic mass is 10.0. The van der Waals surface area contributed by atoms with Crippen molar-refractivity contribution in [3.8, 4) is 5.82 Å². The molecule has 0 bridgehead atoms. The van der Waals surface area contributed by atoms with E-state index >= 15 is 0 Å². The predicted octanol–water partition coefficient (Wildman–Crippen LogP) is 4.43. The van der Waals surface area contributed by atoms with Crippen LogP contribution in [0.3, 0.4) is 0 Å². The molecule has 5 rings (SSSR count). The summed E-state index contributed by atoms with van der Waals surface area (Å²) in [5.41, 5.74) is 5.11. The van der Waals surface area contributed by atoms with Gasteiger partial charge in [0.05, 0.1) is 23.7 Å². The molecule has 0 amide bonds. The molecule has 10 heteroatoms. The molecule has 4 aromatic rings. The Morgan fingerprint density at radius 3 is 2.53 bits per heavy atom. The summed E-state index contributed by atoms with van der Waals surface area (Å²) in [4.78, 5) is 11.3. The van der Waals surface area contributed by atoms with Gasteiger partial charge < -0.3 is 14.8 Å². The zero-order valence-corrected chi connectivity index (χ0v) is 21.7. The quantitative estimate of drug-likeness (QED) is 0.365. The second kappa shape index (κ2) is 9.36. The number of aryl methyl sites for hydroxylation is 2. The van der Waals surface area contributed by atoms with E-state index < -0.39 is 10.0 Å². The van der Waals surface area contributed by atoms with E-state index in [1.165, 1.54) is 0 Å². The van der Waals surface area contributed by atoms with Crippen molar-refractivity contribution in [2.75, 3.05) is 15.9 Å². The van der Waals surface area contributed by atoms with Gasteiger partial charge in [0.1, 0.15) is 11.9 Å². The van der Waals surface area contributed by atoms with Gasteiger partial charge in [0.15, 0.2) is 5.11 Å². The van der Waals surface area contributed by atoms with E-state index in [-0.39, 0.29) is 12.1 Å². The zero-order chi connectivity index (χ0) is 25.4. The SMILES string of the molecule is Cc1ccc(-n2cccc2[C@H]2[C@H](c3ccccn3)NC(=S)N2c2ccc(NS(C)(=O)=O)c(C)c2)nc1. The highest BCUT2D eigenvalue weighted by Crippen LogP contribution is 2.42. The van der Waals surface area contributed by atoms with Crippen LogP contribution in [0.15, 0.2) is 79.3 Å². The lowest BCUT2D eigenvalue weighted by Crippen LogP contribution is -2.30. The fourth-order valence-electron chi connectivity index (χ4n) is 4.49. The molecule has 2 N–H and O–H groups in total. The van der Waals surface area contributed by atoms with E-state index in [1.807, 2.05) is 74.8 Å². The summed E-state index contributed by atoms with van der Waals surface area (Å²) in [5.74, 6) is 0.807. The second-order valence-corrected chi connectivity index (χ2v) is 11.0. The topological polar surface area (TPSA) is 92.2 Å². The molecule has 1 saturated heterocycles. The largest absolute Gasteiger partial charge is 0.351 e. The summed E-state index contributed by atoms with van der Waals surface area (Å²) < 4.78 is 28.2. The van der Waals surface area contributed by atoms with E-state index in [0.29, 0.717) is 10.8 Å². The van der Waals surface area contributed by atoms with Gasteiger partial charge in [-0.3, -0.25) is 9.71 Å². The summed E-state index contributed by atoms with van der Waals surface area (Å²) in [7, 11) is -3.39. The van der Waals surface area contributed by atoms with Crippen LogP contribution < -0.4 is 14.9 Å². The zero-order valence-electron chi connectivity index (χ0n) is 20.1. The number of rotatable bonds is 6. The second-order valence-electron chi connectivity index (χ2n) is 8.87. The molecule has 4 heterocycles. The van der Waals surface area contributed by atoms with E-state index in [4.69, 9.17) is 12.2 Å². The Morgan fingerprint density at radius 1 is 1.03 bits per heavy atom. The minimum atomic E-state index is -3.39. The number of pyridine rings is 2. The Hall–Kier alpha value is -3.76. The van der Waals surface area contributed by atoms with E-state index in [9.17, 15) is 8.42 Å². The van der Waals surface area contributed by atoms with Crippen LogP contribution in [0.4, 0.5) is 11.4 Å². The first-order valence-corrected chi connectivity index (χ1v) is 13.7. The summed E-state index contributed by atoms with van der Waals surface area (Å²) >= 11 is 5.84. The van der Waals surface area contributed by atoms with Crippen LogP contribution in [0.2, 0.25) is 0 Å². The standard InChI is InChI=1S/C26H26N6O2S2/c1-17-9-12-23(28-16-17)31-14-6-8-22(31)25-24(21-7-4-5-13-27-21)29-26(35)32(25)19-10-11-20(18(2)15-19)30-36(3,33)34/h4-16,24-25,30H,1-3H3,(H,29,35)/t24-,25-/m0/s1. The van der Waals surface area contributed by atoms with E-state index in [1.54, 1.807) is 12.3 Å². The maximum atomic E-state index is 11.8. The van der Waals surface area contributed by atoms with Crippen LogP contribution in [0, 0.1) is 13.8 Å². The molecule has 184 valence electrons. The molecular weight excluding hydrogens is 492 g/mol. The molecule has 0 radical (unpaired) electrons. The predicted molar refractivity (Wildman–Crippen MR) is 146 cm³/mol. The minimum absolute atomic E-state index is 0.216. The van der Waals surface area contributed by atoms with Crippen molar-refractivity contribution >= 4 is 38.7 Å². The van der Waals surface area contributed by atoms with Crippen LogP contribution in [-0.4, -0.2) is 34.3 Å². The third kappa shape index (κ3) is 4.69. The molecule has 36 heavy (non-hydrogen) atoms. The van der Waals surface area contributed by atoms with Crippen molar-refractivity contribution in [3.05, 3.63) is 102 Å². The Labute approximate surface area is 216 Å². The van der Waals surface area contributed by atoms with Gasteiger partial charge in [-0.05, 0) is 85.7 Å². The van der Waals surface area contributed by atoms with Gasteiger partial charge in [-0.2, -0.15) is 0 Å². The third-order valence-corrected chi connectivity index (χ3v) is 7.01. The molecule has 1 aliphatic rings. The molecular formula is C26H26N6O2S2. The van der Waals surface area contributed by atoms with Gasteiger partial charge in [-0.25, -0.2) is 13.4 Å². The Bertz CT molecular complexity index is 1520. The average Bonchev–Trinajstić information content (AvgIpc) is 3.45. The molecule has 0 saturated carbocycles. The van der Waals surface area contributed by atoms with Gasteiger partial charge in [-0.15, -0.1) is 0 Å². The van der Waals surface area contributed by atoms with Gasteiger partial charge in [-0.1, -0.05) is 12.1 Å². The van der Waals surface area contributed by atoms with Crippen LogP contribution in [0.1, 0.15) is 34.6 Å². The fraction of sp³-hybridized carbons (Fsp3) is 0.192. The number of aromatic nitrogens is 3. The maximum absolute atomic E-state index is 11.8. The Morgan fingerprint density at radius 2 is 1.86 bits per heavy atom. The molecule has 1 aromatic carbocycles.